The van der Waals surface area contributed by atoms with Gasteiger partial charge in [-0.1, -0.05) is 22.0 Å². The number of rotatable bonds is 1. The molecule has 0 atom stereocenters. The minimum Gasteiger partial charge on any atom is -0.311 e. The van der Waals surface area contributed by atoms with Crippen LogP contribution in [0.2, 0.25) is 0 Å². The molecule has 88 valence electrons. The van der Waals surface area contributed by atoms with E-state index in [0.29, 0.717) is 0 Å². The highest BCUT2D eigenvalue weighted by Gasteiger charge is 2.16. The summed E-state index contributed by atoms with van der Waals surface area (Å²) >= 11 is 5.35. The smallest absolute Gasteiger partial charge is 0.124 e. The predicted octanol–water partition coefficient (Wildman–Crippen LogP) is 3.53. The summed E-state index contributed by atoms with van der Waals surface area (Å²) < 4.78 is 1.12. The van der Waals surface area contributed by atoms with Crippen molar-refractivity contribution in [3.05, 3.63) is 38.8 Å². The molecule has 0 spiro atoms. The number of fused-ring (bicyclic) bond motifs is 1. The van der Waals surface area contributed by atoms with Crippen LogP contribution in [0.25, 0.3) is 10.6 Å². The maximum absolute atomic E-state index is 4.78. The lowest BCUT2D eigenvalue weighted by Gasteiger charge is -2.09. The van der Waals surface area contributed by atoms with Gasteiger partial charge in [-0.2, -0.15) is 0 Å². The van der Waals surface area contributed by atoms with Gasteiger partial charge in [0.15, 0.2) is 0 Å². The molecule has 0 radical (unpaired) electrons. The monoisotopic (exact) mass is 308 g/mol. The van der Waals surface area contributed by atoms with Gasteiger partial charge in [0.2, 0.25) is 0 Å². The second-order valence-electron chi connectivity index (χ2n) is 4.27. The van der Waals surface area contributed by atoms with Gasteiger partial charge in [0.1, 0.15) is 5.01 Å². The number of nitrogens with one attached hydrogen (secondary N) is 1. The van der Waals surface area contributed by atoms with E-state index in [2.05, 4.69) is 46.4 Å². The fourth-order valence-electron chi connectivity index (χ4n) is 2.07. The molecule has 0 amide bonds. The summed E-state index contributed by atoms with van der Waals surface area (Å²) in [6, 6.07) is 6.37. The molecule has 1 aliphatic heterocycles. The number of aromatic nitrogens is 1. The number of benzene rings is 1. The molecular weight excluding hydrogens is 296 g/mol. The molecule has 0 unspecified atom stereocenters. The van der Waals surface area contributed by atoms with Crippen LogP contribution >= 0.6 is 27.3 Å². The van der Waals surface area contributed by atoms with Crippen LogP contribution in [-0.4, -0.2) is 11.5 Å². The fraction of sp³-hybridized carbons (Fsp3) is 0.308. The summed E-state index contributed by atoms with van der Waals surface area (Å²) in [5, 5.41) is 4.54. The maximum Gasteiger partial charge on any atom is 0.124 e. The quantitative estimate of drug-likeness (QED) is 0.872. The molecule has 2 heterocycles. The van der Waals surface area contributed by atoms with Crippen LogP contribution in [0.15, 0.2) is 22.7 Å². The van der Waals surface area contributed by atoms with Crippen molar-refractivity contribution in [2.45, 2.75) is 19.9 Å². The Morgan fingerprint density at radius 2 is 2.29 bits per heavy atom. The van der Waals surface area contributed by atoms with E-state index in [-0.39, 0.29) is 0 Å². The molecular formula is C13H13BrN2S. The number of nitrogens with zero attached hydrogens (tertiary/aromatic N) is 1. The standard InChI is InChI=1S/C13H13BrN2S/c1-8-2-3-9(14)6-10(8)13-16-11-4-5-15-7-12(11)17-13/h2-3,6,15H,4-5,7H2,1H3. The van der Waals surface area contributed by atoms with Crippen molar-refractivity contribution in [2.24, 2.45) is 0 Å². The van der Waals surface area contributed by atoms with Gasteiger partial charge in [0.25, 0.3) is 0 Å². The van der Waals surface area contributed by atoms with Gasteiger partial charge in [0, 0.05) is 34.4 Å². The summed E-state index contributed by atoms with van der Waals surface area (Å²) in [4.78, 5) is 6.17. The lowest BCUT2D eigenvalue weighted by molar-refractivity contribution is 0.644. The van der Waals surface area contributed by atoms with Crippen LogP contribution in [0.3, 0.4) is 0 Å². The minimum absolute atomic E-state index is 0.972. The normalized spacial score (nSPS) is 14.7. The predicted molar refractivity (Wildman–Crippen MR) is 75.4 cm³/mol. The first-order valence-electron chi connectivity index (χ1n) is 5.70. The topological polar surface area (TPSA) is 24.9 Å². The Morgan fingerprint density at radius 1 is 1.41 bits per heavy atom. The molecule has 0 fully saturated rings. The third-order valence-corrected chi connectivity index (χ3v) is 4.66. The van der Waals surface area contributed by atoms with Crippen LogP contribution in [0.4, 0.5) is 0 Å². The van der Waals surface area contributed by atoms with Gasteiger partial charge in [-0.25, -0.2) is 4.98 Å². The van der Waals surface area contributed by atoms with Gasteiger partial charge in [-0.3, -0.25) is 0 Å². The lowest BCUT2D eigenvalue weighted by atomic mass is 10.1. The molecule has 1 N–H and O–H groups in total. The Morgan fingerprint density at radius 3 is 3.12 bits per heavy atom. The Labute approximate surface area is 113 Å². The van der Waals surface area contributed by atoms with E-state index in [1.165, 1.54) is 21.7 Å². The second kappa shape index (κ2) is 4.52. The van der Waals surface area contributed by atoms with E-state index in [1.54, 1.807) is 0 Å². The van der Waals surface area contributed by atoms with E-state index in [9.17, 15) is 0 Å². The van der Waals surface area contributed by atoms with Gasteiger partial charge in [-0.05, 0) is 24.6 Å². The van der Waals surface area contributed by atoms with E-state index in [1.807, 2.05) is 11.3 Å². The molecule has 2 nitrogen and oxygen atoms in total. The molecule has 0 saturated carbocycles. The highest BCUT2D eigenvalue weighted by atomic mass is 79.9. The molecule has 17 heavy (non-hydrogen) atoms. The van der Waals surface area contributed by atoms with Crippen LogP contribution in [0.1, 0.15) is 16.1 Å². The van der Waals surface area contributed by atoms with Crippen molar-refractivity contribution in [1.82, 2.24) is 10.3 Å². The van der Waals surface area contributed by atoms with E-state index < -0.39 is 0 Å². The summed E-state index contributed by atoms with van der Waals surface area (Å²) in [7, 11) is 0. The molecule has 1 aliphatic rings. The van der Waals surface area contributed by atoms with Gasteiger partial charge in [0.05, 0.1) is 5.69 Å². The molecule has 0 aliphatic carbocycles. The summed E-state index contributed by atoms with van der Waals surface area (Å²) in [6.07, 6.45) is 1.05. The van der Waals surface area contributed by atoms with Crippen LogP contribution in [-0.2, 0) is 13.0 Å². The number of thiazole rings is 1. The first-order valence-corrected chi connectivity index (χ1v) is 7.31. The van der Waals surface area contributed by atoms with Crippen molar-refractivity contribution < 1.29 is 0 Å². The summed E-state index contributed by atoms with van der Waals surface area (Å²) in [6.45, 7) is 4.16. The number of halogens is 1. The first kappa shape index (κ1) is 11.4. The zero-order valence-corrected chi connectivity index (χ0v) is 12.0. The van der Waals surface area contributed by atoms with Crippen LogP contribution in [0.5, 0.6) is 0 Å². The van der Waals surface area contributed by atoms with Crippen LogP contribution < -0.4 is 5.32 Å². The maximum atomic E-state index is 4.78. The average Bonchev–Trinajstić information content (AvgIpc) is 2.75. The number of aryl methyl sites for hydroxylation is 1. The Bertz CT molecular complexity index is 539. The zero-order valence-electron chi connectivity index (χ0n) is 9.59. The highest BCUT2D eigenvalue weighted by Crippen LogP contribution is 2.33. The molecule has 0 bridgehead atoms. The molecule has 2 aromatic rings. The first-order chi connectivity index (χ1) is 8.24. The van der Waals surface area contributed by atoms with Crippen molar-refractivity contribution in [2.75, 3.05) is 6.54 Å². The Balaban J connectivity index is 2.08. The summed E-state index contributed by atoms with van der Waals surface area (Å²) in [5.74, 6) is 0. The van der Waals surface area contributed by atoms with Gasteiger partial charge >= 0.3 is 0 Å². The summed E-state index contributed by atoms with van der Waals surface area (Å²) in [5.41, 5.74) is 3.81. The van der Waals surface area contributed by atoms with E-state index in [4.69, 9.17) is 4.98 Å². The lowest BCUT2D eigenvalue weighted by Crippen LogP contribution is -2.22. The van der Waals surface area contributed by atoms with Crippen molar-refractivity contribution >= 4 is 27.3 Å². The zero-order chi connectivity index (χ0) is 11.8. The average molecular weight is 309 g/mol. The minimum atomic E-state index is 0.972. The second-order valence-corrected chi connectivity index (χ2v) is 6.27. The Hall–Kier alpha value is -0.710. The molecule has 0 saturated heterocycles. The van der Waals surface area contributed by atoms with Crippen LogP contribution in [0, 0.1) is 6.92 Å². The third-order valence-electron chi connectivity index (χ3n) is 3.03. The number of hydrogen-bond donors (Lipinski definition) is 1. The molecule has 4 heteroatoms. The van der Waals surface area contributed by atoms with Gasteiger partial charge < -0.3 is 5.32 Å². The van der Waals surface area contributed by atoms with E-state index >= 15 is 0 Å². The van der Waals surface area contributed by atoms with E-state index in [0.717, 1.165) is 29.0 Å². The highest BCUT2D eigenvalue weighted by molar-refractivity contribution is 9.10. The van der Waals surface area contributed by atoms with Crippen molar-refractivity contribution in [3.63, 3.8) is 0 Å². The number of hydrogen-bond acceptors (Lipinski definition) is 3. The molecule has 3 rings (SSSR count). The SMILES string of the molecule is Cc1ccc(Br)cc1-c1nc2c(s1)CNCC2. The van der Waals surface area contributed by atoms with Crippen molar-refractivity contribution in [3.8, 4) is 10.6 Å². The molecule has 1 aromatic carbocycles. The molecule has 1 aromatic heterocycles. The van der Waals surface area contributed by atoms with Gasteiger partial charge in [-0.15, -0.1) is 11.3 Å². The third kappa shape index (κ3) is 2.17. The van der Waals surface area contributed by atoms with Crippen molar-refractivity contribution in [1.29, 1.82) is 0 Å². The Kier molecular flexibility index (Phi) is 3.03. The fourth-order valence-corrected chi connectivity index (χ4v) is 3.59. The largest absolute Gasteiger partial charge is 0.311 e.